The minimum Gasteiger partial charge on any atom is -0.258 e. The van der Waals surface area contributed by atoms with E-state index in [1.54, 1.807) is 16.6 Å². The van der Waals surface area contributed by atoms with Crippen molar-refractivity contribution in [3.8, 4) is 16.7 Å². The highest BCUT2D eigenvalue weighted by molar-refractivity contribution is 7.30. The van der Waals surface area contributed by atoms with Gasteiger partial charge in [-0.05, 0) is 44.0 Å². The van der Waals surface area contributed by atoms with Crippen LogP contribution in [0.4, 0.5) is 5.69 Å². The van der Waals surface area contributed by atoms with E-state index in [9.17, 15) is 10.1 Å². The van der Waals surface area contributed by atoms with E-state index >= 15 is 0 Å². The zero-order valence-electron chi connectivity index (χ0n) is 13.0. The van der Waals surface area contributed by atoms with E-state index in [1.807, 2.05) is 0 Å². The van der Waals surface area contributed by atoms with Gasteiger partial charge in [0.05, 0.1) is 19.0 Å². The number of rotatable bonds is 3. The Morgan fingerprint density at radius 1 is 1.09 bits per heavy atom. The molecule has 0 saturated heterocycles. The first kappa shape index (κ1) is 15.3. The molecule has 23 heavy (non-hydrogen) atoms. The molecule has 3 rings (SSSR count). The summed E-state index contributed by atoms with van der Waals surface area (Å²) < 4.78 is 1.72. The number of aromatic nitrogens is 3. The number of nitro groups is 1. The molecule has 0 aliphatic heterocycles. The fraction of sp³-hybridized carbons (Fsp3) is 0.188. The van der Waals surface area contributed by atoms with Gasteiger partial charge in [-0.3, -0.25) is 10.1 Å². The lowest BCUT2D eigenvalue weighted by Crippen LogP contribution is -1.93. The van der Waals surface area contributed by atoms with Crippen LogP contribution in [0, 0.1) is 30.9 Å². The highest BCUT2D eigenvalue weighted by Gasteiger charge is 2.13. The quantitative estimate of drug-likeness (QED) is 0.530. The molecule has 1 heterocycles. The molecule has 3 aromatic rings. The summed E-state index contributed by atoms with van der Waals surface area (Å²) in [4.78, 5) is 10.3. The van der Waals surface area contributed by atoms with Crippen molar-refractivity contribution in [2.24, 2.45) is 0 Å². The maximum absolute atomic E-state index is 10.7. The van der Waals surface area contributed by atoms with Gasteiger partial charge < -0.3 is 0 Å². The van der Waals surface area contributed by atoms with Crippen molar-refractivity contribution < 1.29 is 4.92 Å². The van der Waals surface area contributed by atoms with E-state index < -0.39 is 4.92 Å². The Labute approximate surface area is 135 Å². The molecule has 0 N–H and O–H groups in total. The van der Waals surface area contributed by atoms with Crippen molar-refractivity contribution in [2.45, 2.75) is 20.8 Å². The molecule has 0 atom stereocenters. The molecular formula is C16H15N4O2P. The summed E-state index contributed by atoms with van der Waals surface area (Å²) in [6, 6.07) is 10.6. The Morgan fingerprint density at radius 3 is 2.26 bits per heavy atom. The Bertz CT molecular complexity index is 864. The first-order valence-electron chi connectivity index (χ1n) is 7.09. The summed E-state index contributed by atoms with van der Waals surface area (Å²) >= 11 is 0. The summed E-state index contributed by atoms with van der Waals surface area (Å²) in [5, 5.41) is 19.2. The number of benzene rings is 2. The van der Waals surface area contributed by atoms with Crippen molar-refractivity contribution >= 4 is 14.0 Å². The molecule has 0 unspecified atom stereocenters. The molecule has 0 spiro atoms. The lowest BCUT2D eigenvalue weighted by molar-refractivity contribution is -0.384. The first-order valence-corrected chi connectivity index (χ1v) is 7.93. The van der Waals surface area contributed by atoms with E-state index in [0.717, 1.165) is 25.0 Å². The second kappa shape index (κ2) is 5.89. The zero-order valence-corrected chi connectivity index (χ0v) is 13.9. The highest BCUT2D eigenvalue weighted by Crippen LogP contribution is 2.33. The number of aryl methyl sites for hydroxylation is 3. The van der Waals surface area contributed by atoms with Crippen LogP contribution in [0.15, 0.2) is 36.4 Å². The van der Waals surface area contributed by atoms with Crippen molar-refractivity contribution in [1.29, 1.82) is 0 Å². The van der Waals surface area contributed by atoms with Crippen LogP contribution < -0.4 is 0 Å². The SMILES string of the molecule is Cc1cc(C)c(-c2nnn(-c3ccc([N+](=O)[O-])cc3)p2)c(C)c1. The van der Waals surface area contributed by atoms with Gasteiger partial charge in [0.15, 0.2) is 0 Å². The fourth-order valence-corrected chi connectivity index (χ4v) is 3.71. The summed E-state index contributed by atoms with van der Waals surface area (Å²) in [6.07, 6.45) is 0. The van der Waals surface area contributed by atoms with Gasteiger partial charge in [0, 0.05) is 17.7 Å². The van der Waals surface area contributed by atoms with Crippen LogP contribution >= 0.6 is 8.35 Å². The van der Waals surface area contributed by atoms with Crippen LogP contribution in [0.25, 0.3) is 16.7 Å². The van der Waals surface area contributed by atoms with Crippen LogP contribution in [0.5, 0.6) is 0 Å². The van der Waals surface area contributed by atoms with Crippen LogP contribution in [0.3, 0.4) is 0 Å². The smallest absolute Gasteiger partial charge is 0.258 e. The van der Waals surface area contributed by atoms with Gasteiger partial charge >= 0.3 is 0 Å². The van der Waals surface area contributed by atoms with Gasteiger partial charge in [-0.2, -0.15) is 4.44 Å². The predicted molar refractivity (Wildman–Crippen MR) is 90.2 cm³/mol. The molecule has 0 aliphatic rings. The molecule has 0 fully saturated rings. The number of hydrogen-bond donors (Lipinski definition) is 0. The Hall–Kier alpha value is -2.59. The van der Waals surface area contributed by atoms with Crippen LogP contribution in [0.1, 0.15) is 16.7 Å². The van der Waals surface area contributed by atoms with Crippen LogP contribution in [-0.4, -0.2) is 19.7 Å². The van der Waals surface area contributed by atoms with Crippen LogP contribution in [0.2, 0.25) is 0 Å². The highest BCUT2D eigenvalue weighted by atomic mass is 31.0. The second-order valence-electron chi connectivity index (χ2n) is 5.45. The molecule has 0 amide bonds. The molecule has 0 radical (unpaired) electrons. The Morgan fingerprint density at radius 2 is 1.70 bits per heavy atom. The van der Waals surface area contributed by atoms with E-state index in [4.69, 9.17) is 0 Å². The normalized spacial score (nSPS) is 11.1. The van der Waals surface area contributed by atoms with Gasteiger partial charge in [0.1, 0.15) is 5.43 Å². The van der Waals surface area contributed by atoms with Crippen molar-refractivity contribution in [2.75, 3.05) is 0 Å². The third-order valence-electron chi connectivity index (χ3n) is 3.61. The average molecular weight is 326 g/mol. The van der Waals surface area contributed by atoms with Gasteiger partial charge in [-0.15, -0.1) is 5.10 Å². The third kappa shape index (κ3) is 2.98. The van der Waals surface area contributed by atoms with Crippen molar-refractivity contribution in [3.63, 3.8) is 0 Å². The van der Waals surface area contributed by atoms with Gasteiger partial charge in [0.2, 0.25) is 0 Å². The van der Waals surface area contributed by atoms with Gasteiger partial charge in [-0.1, -0.05) is 22.9 Å². The topological polar surface area (TPSA) is 73.8 Å². The fourth-order valence-electron chi connectivity index (χ4n) is 2.66. The number of nitrogens with zero attached hydrogens (tertiary/aromatic N) is 4. The summed E-state index contributed by atoms with van der Waals surface area (Å²) in [6.45, 7) is 6.22. The predicted octanol–water partition coefficient (Wildman–Crippen LogP) is 4.35. The molecule has 1 aromatic heterocycles. The summed E-state index contributed by atoms with van der Waals surface area (Å²) in [5.41, 5.74) is 6.42. The molecule has 6 nitrogen and oxygen atoms in total. The minimum atomic E-state index is -0.413. The Kier molecular flexibility index (Phi) is 3.92. The molecule has 7 heteroatoms. The van der Waals surface area contributed by atoms with E-state index in [-0.39, 0.29) is 5.69 Å². The third-order valence-corrected chi connectivity index (χ3v) is 4.61. The van der Waals surface area contributed by atoms with E-state index in [1.165, 1.54) is 28.8 Å². The summed E-state index contributed by atoms with van der Waals surface area (Å²) in [5.74, 6) is 0. The standard InChI is InChI=1S/C16H15N4O2P/c1-10-8-11(2)15(12(3)9-10)16-17-18-19(23-16)13-4-6-14(7-5-13)20(21)22/h4-9H,1-3H3. The van der Waals surface area contributed by atoms with E-state index in [0.29, 0.717) is 0 Å². The first-order chi connectivity index (χ1) is 11.0. The van der Waals surface area contributed by atoms with Crippen LogP contribution in [-0.2, 0) is 0 Å². The second-order valence-corrected chi connectivity index (χ2v) is 6.45. The monoisotopic (exact) mass is 326 g/mol. The lowest BCUT2D eigenvalue weighted by atomic mass is 10.0. The van der Waals surface area contributed by atoms with Crippen molar-refractivity contribution in [1.82, 2.24) is 14.8 Å². The average Bonchev–Trinajstić information content (AvgIpc) is 2.95. The zero-order chi connectivity index (χ0) is 16.6. The molecular weight excluding hydrogens is 311 g/mol. The Balaban J connectivity index is 1.99. The number of non-ortho nitro benzene ring substituents is 1. The number of nitro benzene ring substituents is 1. The van der Waals surface area contributed by atoms with E-state index in [2.05, 4.69) is 43.2 Å². The van der Waals surface area contributed by atoms with Gasteiger partial charge in [-0.25, -0.2) is 0 Å². The van der Waals surface area contributed by atoms with Crippen molar-refractivity contribution in [3.05, 3.63) is 63.2 Å². The summed E-state index contributed by atoms with van der Waals surface area (Å²) in [7, 11) is 0.843. The maximum atomic E-state index is 10.7. The maximum Gasteiger partial charge on any atom is 0.269 e. The molecule has 0 bridgehead atoms. The molecule has 0 aliphatic carbocycles. The van der Waals surface area contributed by atoms with Gasteiger partial charge in [0.25, 0.3) is 5.69 Å². The minimum absolute atomic E-state index is 0.0657. The number of hydrogen-bond acceptors (Lipinski definition) is 4. The molecule has 116 valence electrons. The molecule has 0 saturated carbocycles. The molecule has 2 aromatic carbocycles. The lowest BCUT2D eigenvalue weighted by Gasteiger charge is -2.07. The largest absolute Gasteiger partial charge is 0.269 e.